The van der Waals surface area contributed by atoms with Gasteiger partial charge in [0.15, 0.2) is 17.5 Å². The molecule has 0 aromatic heterocycles. The van der Waals surface area contributed by atoms with Crippen LogP contribution in [-0.4, -0.2) is 11.7 Å². The van der Waals surface area contributed by atoms with Crippen LogP contribution < -0.4 is 0 Å². The molecule has 0 saturated heterocycles. The molecule has 1 aromatic carbocycles. The zero-order valence-electron chi connectivity index (χ0n) is 8.24. The number of hydrogen-bond donors (Lipinski definition) is 1. The molecule has 0 bridgehead atoms. The normalized spacial score (nSPS) is 11.9. The highest BCUT2D eigenvalue weighted by molar-refractivity contribution is 9.10. The van der Waals surface area contributed by atoms with Gasteiger partial charge in [-0.1, -0.05) is 13.8 Å². The lowest BCUT2D eigenvalue weighted by molar-refractivity contribution is 0.213. The van der Waals surface area contributed by atoms with Gasteiger partial charge in [0, 0.05) is 11.0 Å². The maximum atomic E-state index is 13.4. The first-order valence-corrected chi connectivity index (χ1v) is 5.05. The van der Waals surface area contributed by atoms with Crippen molar-refractivity contribution in [1.82, 2.24) is 0 Å². The number of aliphatic hydroxyl groups is 1. The van der Waals surface area contributed by atoms with E-state index < -0.39 is 22.9 Å². The Bertz CT molecular complexity index is 391. The zero-order chi connectivity index (χ0) is 11.8. The van der Waals surface area contributed by atoms with E-state index in [0.29, 0.717) is 0 Å². The standard InChI is InChI=1S/C10H10BrF3O/c1-10(2,4-15)5-3-6(11)8(13)9(14)7(5)12/h3,15H,4H2,1-2H3. The Balaban J connectivity index is 3.45. The van der Waals surface area contributed by atoms with Crippen LogP contribution in [0.25, 0.3) is 0 Å². The molecule has 15 heavy (non-hydrogen) atoms. The first-order valence-electron chi connectivity index (χ1n) is 4.25. The van der Waals surface area contributed by atoms with Gasteiger partial charge in [0.25, 0.3) is 0 Å². The fourth-order valence-corrected chi connectivity index (χ4v) is 1.55. The fourth-order valence-electron chi connectivity index (χ4n) is 1.15. The Labute approximate surface area is 94.0 Å². The van der Waals surface area contributed by atoms with E-state index in [0.717, 1.165) is 6.07 Å². The summed E-state index contributed by atoms with van der Waals surface area (Å²) < 4.78 is 39.2. The van der Waals surface area contributed by atoms with Crippen LogP contribution in [0.2, 0.25) is 0 Å². The monoisotopic (exact) mass is 282 g/mol. The predicted octanol–water partition coefficient (Wildman–Crippen LogP) is 3.14. The Kier molecular flexibility index (Phi) is 3.45. The van der Waals surface area contributed by atoms with Crippen LogP contribution in [0.1, 0.15) is 19.4 Å². The smallest absolute Gasteiger partial charge is 0.195 e. The molecule has 0 fully saturated rings. The molecular weight excluding hydrogens is 273 g/mol. The molecule has 0 aliphatic carbocycles. The molecule has 0 aliphatic heterocycles. The topological polar surface area (TPSA) is 20.2 Å². The van der Waals surface area contributed by atoms with Crippen molar-refractivity contribution in [2.45, 2.75) is 19.3 Å². The highest BCUT2D eigenvalue weighted by atomic mass is 79.9. The third-order valence-electron chi connectivity index (χ3n) is 2.23. The van der Waals surface area contributed by atoms with Gasteiger partial charge in [-0.2, -0.15) is 0 Å². The van der Waals surface area contributed by atoms with Gasteiger partial charge in [0.2, 0.25) is 0 Å². The number of rotatable bonds is 2. The van der Waals surface area contributed by atoms with E-state index in [1.165, 1.54) is 13.8 Å². The molecule has 84 valence electrons. The van der Waals surface area contributed by atoms with Gasteiger partial charge in [-0.25, -0.2) is 13.2 Å². The molecule has 0 aliphatic rings. The van der Waals surface area contributed by atoms with Crippen LogP contribution in [0, 0.1) is 17.5 Å². The van der Waals surface area contributed by atoms with Gasteiger partial charge in [0.1, 0.15) is 0 Å². The molecule has 0 spiro atoms. The maximum Gasteiger partial charge on any atom is 0.195 e. The van der Waals surface area contributed by atoms with Gasteiger partial charge in [-0.05, 0) is 22.0 Å². The minimum absolute atomic E-state index is 0.0595. The summed E-state index contributed by atoms with van der Waals surface area (Å²) >= 11 is 2.79. The largest absolute Gasteiger partial charge is 0.395 e. The lowest BCUT2D eigenvalue weighted by Crippen LogP contribution is -2.24. The summed E-state index contributed by atoms with van der Waals surface area (Å²) in [5, 5.41) is 9.02. The van der Waals surface area contributed by atoms with Gasteiger partial charge >= 0.3 is 0 Å². The number of hydrogen-bond acceptors (Lipinski definition) is 1. The maximum absolute atomic E-state index is 13.4. The van der Waals surface area contributed by atoms with Crippen LogP contribution >= 0.6 is 15.9 Å². The summed E-state index contributed by atoms with van der Waals surface area (Å²) in [6, 6.07) is 1.14. The fraction of sp³-hybridized carbons (Fsp3) is 0.400. The summed E-state index contributed by atoms with van der Waals surface area (Å²) in [5.74, 6) is -4.04. The van der Waals surface area contributed by atoms with Crippen LogP contribution in [0.4, 0.5) is 13.2 Å². The van der Waals surface area contributed by atoms with Crippen molar-refractivity contribution >= 4 is 15.9 Å². The number of halogens is 4. The first kappa shape index (κ1) is 12.5. The van der Waals surface area contributed by atoms with Crippen molar-refractivity contribution < 1.29 is 18.3 Å². The second-order valence-corrected chi connectivity index (χ2v) is 4.74. The zero-order valence-corrected chi connectivity index (χ0v) is 9.83. The van der Waals surface area contributed by atoms with E-state index in [4.69, 9.17) is 5.11 Å². The molecule has 1 N–H and O–H groups in total. The molecule has 1 aromatic rings. The van der Waals surface area contributed by atoms with E-state index >= 15 is 0 Å². The van der Waals surface area contributed by atoms with E-state index in [1.54, 1.807) is 0 Å². The predicted molar refractivity (Wildman–Crippen MR) is 54.1 cm³/mol. The Morgan fingerprint density at radius 1 is 1.20 bits per heavy atom. The molecule has 1 rings (SSSR count). The van der Waals surface area contributed by atoms with Gasteiger partial charge in [-0.15, -0.1) is 0 Å². The quantitative estimate of drug-likeness (QED) is 0.653. The molecule has 0 radical (unpaired) electrons. The van der Waals surface area contributed by atoms with E-state index in [9.17, 15) is 13.2 Å². The highest BCUT2D eigenvalue weighted by Gasteiger charge is 2.28. The number of aliphatic hydroxyl groups excluding tert-OH is 1. The molecule has 0 atom stereocenters. The average molecular weight is 283 g/mol. The second-order valence-electron chi connectivity index (χ2n) is 3.89. The molecule has 0 saturated carbocycles. The van der Waals surface area contributed by atoms with E-state index in [1.807, 2.05) is 0 Å². The summed E-state index contributed by atoms with van der Waals surface area (Å²) in [4.78, 5) is 0. The van der Waals surface area contributed by atoms with Crippen LogP contribution in [0.5, 0.6) is 0 Å². The van der Waals surface area contributed by atoms with Crippen LogP contribution in [-0.2, 0) is 5.41 Å². The molecule has 1 nitrogen and oxygen atoms in total. The van der Waals surface area contributed by atoms with Crippen molar-refractivity contribution in [3.05, 3.63) is 33.6 Å². The number of benzene rings is 1. The Morgan fingerprint density at radius 3 is 2.20 bits per heavy atom. The SMILES string of the molecule is CC(C)(CO)c1cc(Br)c(F)c(F)c1F. The second kappa shape index (κ2) is 4.14. The third kappa shape index (κ3) is 2.18. The molecule has 0 unspecified atom stereocenters. The average Bonchev–Trinajstić information content (AvgIpc) is 2.20. The van der Waals surface area contributed by atoms with Crippen LogP contribution in [0.3, 0.4) is 0 Å². The van der Waals surface area contributed by atoms with Crippen LogP contribution in [0.15, 0.2) is 10.5 Å². The summed E-state index contributed by atoms with van der Waals surface area (Å²) in [7, 11) is 0. The van der Waals surface area contributed by atoms with Crippen molar-refractivity contribution in [3.63, 3.8) is 0 Å². The van der Waals surface area contributed by atoms with Crippen molar-refractivity contribution in [1.29, 1.82) is 0 Å². The lowest BCUT2D eigenvalue weighted by Gasteiger charge is -2.23. The van der Waals surface area contributed by atoms with Gasteiger partial charge < -0.3 is 5.11 Å². The molecule has 0 amide bonds. The highest BCUT2D eigenvalue weighted by Crippen LogP contribution is 2.31. The summed E-state index contributed by atoms with van der Waals surface area (Å²) in [6.07, 6.45) is 0. The molecule has 5 heteroatoms. The third-order valence-corrected chi connectivity index (χ3v) is 2.80. The minimum Gasteiger partial charge on any atom is -0.395 e. The van der Waals surface area contributed by atoms with Gasteiger partial charge in [-0.3, -0.25) is 0 Å². The molecular formula is C10H10BrF3O. The van der Waals surface area contributed by atoms with E-state index in [2.05, 4.69) is 15.9 Å². The minimum atomic E-state index is -1.53. The van der Waals surface area contributed by atoms with Crippen molar-refractivity contribution in [2.75, 3.05) is 6.61 Å². The Hall–Kier alpha value is -0.550. The van der Waals surface area contributed by atoms with E-state index in [-0.39, 0.29) is 16.6 Å². The van der Waals surface area contributed by atoms with Crippen molar-refractivity contribution in [2.24, 2.45) is 0 Å². The first-order chi connectivity index (χ1) is 6.81. The summed E-state index contributed by atoms with van der Waals surface area (Å²) in [5.41, 5.74) is -1.02. The summed E-state index contributed by atoms with van der Waals surface area (Å²) in [6.45, 7) is 2.71. The Morgan fingerprint density at radius 2 is 1.73 bits per heavy atom. The molecule has 0 heterocycles. The van der Waals surface area contributed by atoms with Gasteiger partial charge in [0.05, 0.1) is 11.1 Å². The lowest BCUT2D eigenvalue weighted by atomic mass is 9.85. The van der Waals surface area contributed by atoms with Crippen molar-refractivity contribution in [3.8, 4) is 0 Å².